The number of nitrogens with one attached hydrogen (secondary N) is 1. The second kappa shape index (κ2) is 7.38. The number of rotatable bonds is 5. The van der Waals surface area contributed by atoms with Gasteiger partial charge in [-0.05, 0) is 36.3 Å². The van der Waals surface area contributed by atoms with Crippen LogP contribution >= 0.6 is 0 Å². The lowest BCUT2D eigenvalue weighted by Gasteiger charge is -2.23. The van der Waals surface area contributed by atoms with Gasteiger partial charge in [-0.15, -0.1) is 0 Å². The summed E-state index contributed by atoms with van der Waals surface area (Å²) in [6, 6.07) is 4.05. The second-order valence-electron chi connectivity index (χ2n) is 5.01. The molecule has 0 fully saturated rings. The fourth-order valence-corrected chi connectivity index (χ4v) is 2.22. The Labute approximate surface area is 114 Å². The zero-order chi connectivity index (χ0) is 14.3. The summed E-state index contributed by atoms with van der Waals surface area (Å²) < 4.78 is 0. The summed E-state index contributed by atoms with van der Waals surface area (Å²) in [5.74, 6) is 0.320. The maximum Gasteiger partial charge on any atom is 0.238 e. The molecule has 4 nitrogen and oxygen atoms in total. The molecule has 0 bridgehead atoms. The molecule has 0 saturated carbocycles. The average Bonchev–Trinajstić information content (AvgIpc) is 2.36. The standard InChI is InChI=1S/C15H19N3O/c1-11(2)14(6-8-16)12-4-3-5-13(10-12)18-15(19)7-9-17/h4,10-11,14H,3,5-7H2,1-2H3,(H,18,19)/t14-/m0/s1. The summed E-state index contributed by atoms with van der Waals surface area (Å²) in [6.45, 7) is 4.19. The van der Waals surface area contributed by atoms with E-state index in [1.54, 1.807) is 0 Å². The number of amides is 1. The Morgan fingerprint density at radius 3 is 2.74 bits per heavy atom. The highest BCUT2D eigenvalue weighted by molar-refractivity contribution is 5.79. The van der Waals surface area contributed by atoms with Gasteiger partial charge in [0, 0.05) is 12.1 Å². The molecule has 0 radical (unpaired) electrons. The molecule has 0 aromatic carbocycles. The van der Waals surface area contributed by atoms with Crippen LogP contribution in [0.5, 0.6) is 0 Å². The van der Waals surface area contributed by atoms with Crippen LogP contribution in [0.15, 0.2) is 23.4 Å². The first kappa shape index (κ1) is 15.0. The summed E-state index contributed by atoms with van der Waals surface area (Å²) in [4.78, 5) is 11.4. The molecule has 0 aromatic heterocycles. The molecule has 1 aliphatic rings. The van der Waals surface area contributed by atoms with Crippen molar-refractivity contribution in [3.05, 3.63) is 23.4 Å². The molecular formula is C15H19N3O. The number of carbonyl (C=O) groups is 1. The van der Waals surface area contributed by atoms with E-state index < -0.39 is 0 Å². The van der Waals surface area contributed by atoms with Gasteiger partial charge in [-0.2, -0.15) is 10.5 Å². The number of hydrogen-bond acceptors (Lipinski definition) is 3. The molecular weight excluding hydrogens is 238 g/mol. The van der Waals surface area contributed by atoms with Gasteiger partial charge in [-0.3, -0.25) is 4.79 Å². The van der Waals surface area contributed by atoms with Gasteiger partial charge < -0.3 is 5.32 Å². The fraction of sp³-hybridized carbons (Fsp3) is 0.533. The van der Waals surface area contributed by atoms with E-state index >= 15 is 0 Å². The number of nitrogens with zero attached hydrogens (tertiary/aromatic N) is 2. The van der Waals surface area contributed by atoms with Crippen molar-refractivity contribution in [2.24, 2.45) is 11.8 Å². The Morgan fingerprint density at radius 1 is 1.42 bits per heavy atom. The van der Waals surface area contributed by atoms with Crippen molar-refractivity contribution in [2.75, 3.05) is 0 Å². The molecule has 0 heterocycles. The molecule has 0 spiro atoms. The summed E-state index contributed by atoms with van der Waals surface area (Å²) in [5.41, 5.74) is 1.97. The first-order chi connectivity index (χ1) is 9.08. The summed E-state index contributed by atoms with van der Waals surface area (Å²) in [7, 11) is 0. The minimum absolute atomic E-state index is 0.123. The maximum atomic E-state index is 11.4. The van der Waals surface area contributed by atoms with Gasteiger partial charge in [0.25, 0.3) is 0 Å². The first-order valence-electron chi connectivity index (χ1n) is 6.52. The lowest BCUT2D eigenvalue weighted by Crippen LogP contribution is -2.24. The van der Waals surface area contributed by atoms with Crippen molar-refractivity contribution in [2.45, 2.75) is 39.5 Å². The monoisotopic (exact) mass is 257 g/mol. The number of allylic oxidation sites excluding steroid dienone is 4. The Hall–Kier alpha value is -2.07. The quantitative estimate of drug-likeness (QED) is 0.822. The van der Waals surface area contributed by atoms with E-state index in [1.807, 2.05) is 12.1 Å². The highest BCUT2D eigenvalue weighted by atomic mass is 16.1. The molecule has 1 atom stereocenters. The third kappa shape index (κ3) is 4.60. The van der Waals surface area contributed by atoms with Gasteiger partial charge in [0.1, 0.15) is 6.42 Å². The van der Waals surface area contributed by atoms with Crippen molar-refractivity contribution in [1.29, 1.82) is 10.5 Å². The van der Waals surface area contributed by atoms with Crippen molar-refractivity contribution in [3.63, 3.8) is 0 Å². The maximum absolute atomic E-state index is 11.4. The van der Waals surface area contributed by atoms with Crippen LogP contribution in [-0.4, -0.2) is 5.91 Å². The largest absolute Gasteiger partial charge is 0.329 e. The first-order valence-corrected chi connectivity index (χ1v) is 6.52. The number of hydrogen-bond donors (Lipinski definition) is 1. The Bertz CT molecular complexity index is 475. The molecule has 0 aliphatic heterocycles. The molecule has 1 rings (SSSR count). The molecule has 1 N–H and O–H groups in total. The molecule has 0 saturated heterocycles. The third-order valence-electron chi connectivity index (χ3n) is 3.22. The van der Waals surface area contributed by atoms with Crippen LogP contribution < -0.4 is 5.32 Å². The normalized spacial score (nSPS) is 15.8. The van der Waals surface area contributed by atoms with E-state index in [-0.39, 0.29) is 18.2 Å². The van der Waals surface area contributed by atoms with Crippen LogP contribution in [0.4, 0.5) is 0 Å². The summed E-state index contributed by atoms with van der Waals surface area (Å²) in [5, 5.41) is 20.1. The van der Waals surface area contributed by atoms with Gasteiger partial charge in [0.15, 0.2) is 0 Å². The highest BCUT2D eigenvalue weighted by Crippen LogP contribution is 2.29. The van der Waals surface area contributed by atoms with E-state index in [0.29, 0.717) is 12.3 Å². The summed E-state index contributed by atoms with van der Waals surface area (Å²) >= 11 is 0. The van der Waals surface area contributed by atoms with Crippen molar-refractivity contribution >= 4 is 5.91 Å². The molecule has 1 aliphatic carbocycles. The SMILES string of the molecule is CC(C)[C@H](CC#N)C1=CCCC(NC(=O)CC#N)=C1. The predicted octanol–water partition coefficient (Wildman–Crippen LogP) is 2.81. The highest BCUT2D eigenvalue weighted by Gasteiger charge is 2.19. The topological polar surface area (TPSA) is 76.7 Å². The smallest absolute Gasteiger partial charge is 0.238 e. The predicted molar refractivity (Wildman–Crippen MR) is 72.3 cm³/mol. The van der Waals surface area contributed by atoms with Crippen LogP contribution in [0.2, 0.25) is 0 Å². The fourth-order valence-electron chi connectivity index (χ4n) is 2.22. The van der Waals surface area contributed by atoms with Crippen LogP contribution in [0.1, 0.15) is 39.5 Å². The molecule has 1 amide bonds. The van der Waals surface area contributed by atoms with Gasteiger partial charge in [-0.25, -0.2) is 0 Å². The van der Waals surface area contributed by atoms with Crippen LogP contribution in [0, 0.1) is 34.5 Å². The lowest BCUT2D eigenvalue weighted by atomic mass is 9.83. The third-order valence-corrected chi connectivity index (χ3v) is 3.22. The molecule has 100 valence electrons. The van der Waals surface area contributed by atoms with Crippen molar-refractivity contribution in [1.82, 2.24) is 5.32 Å². The number of carbonyl (C=O) groups excluding carboxylic acids is 1. The van der Waals surface area contributed by atoms with E-state index in [1.165, 1.54) is 0 Å². The van der Waals surface area contributed by atoms with Crippen molar-refractivity contribution < 1.29 is 4.79 Å². The van der Waals surface area contributed by atoms with Gasteiger partial charge in [0.05, 0.1) is 12.1 Å². The van der Waals surface area contributed by atoms with Gasteiger partial charge >= 0.3 is 0 Å². The van der Waals surface area contributed by atoms with Crippen molar-refractivity contribution in [3.8, 4) is 12.1 Å². The minimum atomic E-state index is -0.267. The lowest BCUT2D eigenvalue weighted by molar-refractivity contribution is -0.119. The van der Waals surface area contributed by atoms with E-state index in [0.717, 1.165) is 24.1 Å². The van der Waals surface area contributed by atoms with Crippen LogP contribution in [-0.2, 0) is 4.79 Å². The van der Waals surface area contributed by atoms with E-state index in [2.05, 4.69) is 31.3 Å². The second-order valence-corrected chi connectivity index (χ2v) is 5.01. The molecule has 4 heteroatoms. The number of nitriles is 2. The summed E-state index contributed by atoms with van der Waals surface area (Å²) in [6.07, 6.45) is 6.10. The zero-order valence-corrected chi connectivity index (χ0v) is 11.4. The molecule has 0 unspecified atom stereocenters. The van der Waals surface area contributed by atoms with E-state index in [4.69, 9.17) is 10.5 Å². The van der Waals surface area contributed by atoms with Gasteiger partial charge in [0.2, 0.25) is 5.91 Å². The Morgan fingerprint density at radius 2 is 2.16 bits per heavy atom. The Balaban J connectivity index is 2.78. The minimum Gasteiger partial charge on any atom is -0.329 e. The van der Waals surface area contributed by atoms with E-state index in [9.17, 15) is 4.79 Å². The zero-order valence-electron chi connectivity index (χ0n) is 11.4. The van der Waals surface area contributed by atoms with Crippen LogP contribution in [0.25, 0.3) is 0 Å². The Kier molecular flexibility index (Phi) is 5.82. The molecule has 19 heavy (non-hydrogen) atoms. The van der Waals surface area contributed by atoms with Gasteiger partial charge in [-0.1, -0.05) is 19.9 Å². The molecule has 0 aromatic rings. The average molecular weight is 257 g/mol. The van der Waals surface area contributed by atoms with Crippen LogP contribution in [0.3, 0.4) is 0 Å².